The first-order valence-electron chi connectivity index (χ1n) is 12.3. The molecule has 0 aliphatic carbocycles. The number of amides is 2. The summed E-state index contributed by atoms with van der Waals surface area (Å²) in [4.78, 5) is 31.1. The maximum Gasteiger partial charge on any atom is 0.259 e. The summed E-state index contributed by atoms with van der Waals surface area (Å²) >= 11 is 0. The Morgan fingerprint density at radius 1 is 0.562 bits per heavy atom. The van der Waals surface area contributed by atoms with E-state index in [1.807, 2.05) is 58.3 Å². The van der Waals surface area contributed by atoms with Gasteiger partial charge in [-0.25, -0.2) is 0 Å². The Kier molecular flexibility index (Phi) is 7.09. The van der Waals surface area contributed by atoms with Gasteiger partial charge in [-0.15, -0.1) is 0 Å². The molecule has 0 saturated heterocycles. The summed E-state index contributed by atoms with van der Waals surface area (Å²) in [5, 5.41) is 0. The van der Waals surface area contributed by atoms with Crippen LogP contribution in [0, 0.1) is 0 Å². The molecule has 0 N–H and O–H groups in total. The topological polar surface area (TPSA) is 40.6 Å². The van der Waals surface area contributed by atoms with Crippen molar-refractivity contribution in [3.05, 3.63) is 59.7 Å². The fraction of sp³-hybridized carbons (Fsp3) is 0.429. The maximum atomic E-state index is 13.7. The smallest absolute Gasteiger partial charge is 0.259 e. The Bertz CT molecular complexity index is 942. The zero-order chi connectivity index (χ0) is 22.5. The van der Waals surface area contributed by atoms with E-state index in [0.29, 0.717) is 24.2 Å². The van der Waals surface area contributed by atoms with Crippen molar-refractivity contribution >= 4 is 34.3 Å². The first-order valence-corrected chi connectivity index (χ1v) is 12.3. The van der Waals surface area contributed by atoms with Crippen LogP contribution in [0.1, 0.15) is 76.3 Å². The molecule has 0 radical (unpaired) electrons. The van der Waals surface area contributed by atoms with Gasteiger partial charge in [-0.05, 0) is 25.0 Å². The van der Waals surface area contributed by atoms with Crippen molar-refractivity contribution in [1.29, 1.82) is 0 Å². The monoisotopic (exact) mass is 430 g/mol. The van der Waals surface area contributed by atoms with Crippen LogP contribution in [0.15, 0.2) is 48.5 Å². The molecule has 0 unspecified atom stereocenters. The Morgan fingerprint density at radius 2 is 0.969 bits per heavy atom. The number of rotatable bonds is 10. The minimum Gasteiger partial charge on any atom is -0.308 e. The number of hydrogen-bond acceptors (Lipinski definition) is 2. The molecular formula is C28H34N2O2. The second-order valence-corrected chi connectivity index (χ2v) is 8.82. The quantitative estimate of drug-likeness (QED) is 0.321. The largest absolute Gasteiger partial charge is 0.308 e. The summed E-state index contributed by atoms with van der Waals surface area (Å²) in [6.07, 6.45) is 8.86. The molecule has 2 aliphatic rings. The van der Waals surface area contributed by atoms with Crippen molar-refractivity contribution in [3.63, 3.8) is 0 Å². The number of anilines is 2. The predicted molar refractivity (Wildman–Crippen MR) is 133 cm³/mol. The third-order valence-corrected chi connectivity index (χ3v) is 6.57. The maximum absolute atomic E-state index is 13.7. The highest BCUT2D eigenvalue weighted by atomic mass is 16.2. The molecule has 0 spiro atoms. The lowest BCUT2D eigenvalue weighted by Gasteiger charge is -2.17. The van der Waals surface area contributed by atoms with Crippen LogP contribution in [0.2, 0.25) is 0 Å². The van der Waals surface area contributed by atoms with Crippen molar-refractivity contribution in [2.24, 2.45) is 0 Å². The van der Waals surface area contributed by atoms with Crippen molar-refractivity contribution in [2.75, 3.05) is 22.9 Å². The zero-order valence-corrected chi connectivity index (χ0v) is 19.4. The van der Waals surface area contributed by atoms with Crippen molar-refractivity contribution in [1.82, 2.24) is 0 Å². The molecule has 2 heterocycles. The molecule has 2 aromatic rings. The Balaban J connectivity index is 1.71. The number of carbonyl (C=O) groups excluding carboxylic acids is 2. The molecule has 0 saturated carbocycles. The predicted octanol–water partition coefficient (Wildman–Crippen LogP) is 6.45. The normalized spacial score (nSPS) is 17.3. The molecule has 2 aromatic carbocycles. The number of para-hydroxylation sites is 2. The van der Waals surface area contributed by atoms with Crippen LogP contribution in [0.3, 0.4) is 0 Å². The summed E-state index contributed by atoms with van der Waals surface area (Å²) in [7, 11) is 0. The second-order valence-electron chi connectivity index (χ2n) is 8.82. The summed E-state index contributed by atoms with van der Waals surface area (Å²) < 4.78 is 0. The van der Waals surface area contributed by atoms with Crippen LogP contribution in [0.4, 0.5) is 11.4 Å². The van der Waals surface area contributed by atoms with Crippen molar-refractivity contribution in [2.45, 2.75) is 65.2 Å². The number of hydrogen-bond donors (Lipinski definition) is 0. The molecule has 2 amide bonds. The number of benzene rings is 2. The zero-order valence-electron chi connectivity index (χ0n) is 19.4. The van der Waals surface area contributed by atoms with E-state index in [0.717, 1.165) is 48.2 Å². The van der Waals surface area contributed by atoms with Crippen molar-refractivity contribution in [3.8, 4) is 0 Å². The van der Waals surface area contributed by atoms with E-state index in [4.69, 9.17) is 0 Å². The highest BCUT2D eigenvalue weighted by Gasteiger charge is 2.41. The summed E-state index contributed by atoms with van der Waals surface area (Å²) in [6, 6.07) is 15.9. The first kappa shape index (κ1) is 22.3. The lowest BCUT2D eigenvalue weighted by Crippen LogP contribution is -2.30. The van der Waals surface area contributed by atoms with E-state index >= 15 is 0 Å². The van der Waals surface area contributed by atoms with Crippen molar-refractivity contribution < 1.29 is 9.59 Å². The highest BCUT2D eigenvalue weighted by Crippen LogP contribution is 2.46. The van der Waals surface area contributed by atoms with E-state index in [1.165, 1.54) is 25.7 Å². The van der Waals surface area contributed by atoms with Crippen LogP contribution in [0.25, 0.3) is 11.1 Å². The van der Waals surface area contributed by atoms with E-state index < -0.39 is 0 Å². The van der Waals surface area contributed by atoms with Gasteiger partial charge in [0, 0.05) is 24.2 Å². The summed E-state index contributed by atoms with van der Waals surface area (Å²) in [6.45, 7) is 5.78. The van der Waals surface area contributed by atoms with E-state index in [-0.39, 0.29) is 11.8 Å². The average molecular weight is 431 g/mol. The van der Waals surface area contributed by atoms with Gasteiger partial charge in [-0.3, -0.25) is 9.59 Å². The summed E-state index contributed by atoms with van der Waals surface area (Å²) in [5.74, 6) is -0.0673. The molecule has 0 aromatic heterocycles. The average Bonchev–Trinajstić information content (AvgIpc) is 3.24. The fourth-order valence-corrected chi connectivity index (χ4v) is 4.88. The molecule has 168 valence electrons. The molecule has 0 atom stereocenters. The Labute approximate surface area is 191 Å². The number of fused-ring (bicyclic) bond motifs is 2. The van der Waals surface area contributed by atoms with Crippen LogP contribution in [0.5, 0.6) is 0 Å². The van der Waals surface area contributed by atoms with Gasteiger partial charge in [0.15, 0.2) is 0 Å². The minimum absolute atomic E-state index is 0.0336. The van der Waals surface area contributed by atoms with E-state index in [2.05, 4.69) is 13.8 Å². The van der Waals surface area contributed by atoms with Gasteiger partial charge in [0.1, 0.15) is 0 Å². The van der Waals surface area contributed by atoms with Crippen LogP contribution in [-0.2, 0) is 9.59 Å². The molecule has 0 bridgehead atoms. The molecule has 4 nitrogen and oxygen atoms in total. The lowest BCUT2D eigenvalue weighted by molar-refractivity contribution is -0.114. The van der Waals surface area contributed by atoms with Gasteiger partial charge in [-0.2, -0.15) is 0 Å². The van der Waals surface area contributed by atoms with E-state index in [9.17, 15) is 9.59 Å². The fourth-order valence-electron chi connectivity index (χ4n) is 4.88. The molecule has 4 heteroatoms. The van der Waals surface area contributed by atoms with Gasteiger partial charge >= 0.3 is 0 Å². The molecular weight excluding hydrogens is 396 g/mol. The number of nitrogens with zero attached hydrogens (tertiary/aromatic N) is 2. The van der Waals surface area contributed by atoms with Crippen LogP contribution < -0.4 is 9.80 Å². The molecule has 4 rings (SSSR count). The minimum atomic E-state index is -0.0336. The van der Waals surface area contributed by atoms with Gasteiger partial charge in [-0.1, -0.05) is 88.8 Å². The number of carbonyl (C=O) groups is 2. The Morgan fingerprint density at radius 3 is 1.38 bits per heavy atom. The van der Waals surface area contributed by atoms with Gasteiger partial charge in [0.2, 0.25) is 0 Å². The summed E-state index contributed by atoms with van der Waals surface area (Å²) in [5.41, 5.74) is 4.79. The molecule has 32 heavy (non-hydrogen) atoms. The van der Waals surface area contributed by atoms with E-state index in [1.54, 1.807) is 0 Å². The van der Waals surface area contributed by atoms with Gasteiger partial charge in [0.05, 0.1) is 22.5 Å². The van der Waals surface area contributed by atoms with Gasteiger partial charge in [0.25, 0.3) is 11.8 Å². The van der Waals surface area contributed by atoms with Crippen LogP contribution in [-0.4, -0.2) is 24.9 Å². The molecule has 2 aliphatic heterocycles. The number of unbranched alkanes of at least 4 members (excludes halogenated alkanes) is 6. The SMILES string of the molecule is CCCCCCN1C(=O)/C(=C2\C(=O)N(CCCCCC)c3ccccc32)c2ccccc21. The second kappa shape index (κ2) is 10.2. The molecule has 0 fully saturated rings. The lowest BCUT2D eigenvalue weighted by atomic mass is 9.96. The third-order valence-electron chi connectivity index (χ3n) is 6.57. The standard InChI is InChI=1S/C28H34N2O2/c1-3-5-7-13-19-29-23-17-11-9-15-21(23)25(27(29)31)26-22-16-10-12-18-24(22)30(28(26)32)20-14-8-6-4-2/h9-12,15-18H,3-8,13-14,19-20H2,1-2H3/b26-25-. The van der Waals surface area contributed by atoms with Crippen LogP contribution >= 0.6 is 0 Å². The first-order chi connectivity index (χ1) is 15.7. The third kappa shape index (κ3) is 4.11. The Hall–Kier alpha value is -2.88. The van der Waals surface area contributed by atoms with Gasteiger partial charge < -0.3 is 9.80 Å². The highest BCUT2D eigenvalue weighted by molar-refractivity contribution is 6.49.